The predicted octanol–water partition coefficient (Wildman–Crippen LogP) is 4.02. The molecular weight excluding hydrogens is 286 g/mol. The van der Waals surface area contributed by atoms with Crippen LogP contribution in [0.4, 0.5) is 0 Å². The largest absolute Gasteiger partial charge is 0.307 e. The van der Waals surface area contributed by atoms with Crippen molar-refractivity contribution in [1.29, 1.82) is 0 Å². The van der Waals surface area contributed by atoms with Crippen molar-refractivity contribution in [2.45, 2.75) is 85.0 Å². The van der Waals surface area contributed by atoms with Gasteiger partial charge in [-0.05, 0) is 26.2 Å². The van der Waals surface area contributed by atoms with Gasteiger partial charge in [0.05, 0.1) is 12.8 Å². The van der Waals surface area contributed by atoms with Crippen LogP contribution in [0.5, 0.6) is 0 Å². The molecule has 0 aromatic heterocycles. The van der Waals surface area contributed by atoms with Crippen molar-refractivity contribution in [2.24, 2.45) is 4.99 Å². The van der Waals surface area contributed by atoms with E-state index < -0.39 is 0 Å². The molecule has 1 N–H and O–H groups in total. The molecule has 0 spiro atoms. The minimum absolute atomic E-state index is 0.0427. The lowest BCUT2D eigenvalue weighted by atomic mass is 10.1. The summed E-state index contributed by atoms with van der Waals surface area (Å²) in [5.74, 6) is 0.0427. The fraction of sp³-hybridized carbons (Fsp3) is 0.789. The van der Waals surface area contributed by atoms with Gasteiger partial charge in [-0.1, -0.05) is 38.3 Å². The second kappa shape index (κ2) is 10.6. The second-order valence-corrected chi connectivity index (χ2v) is 6.69. The average molecular weight is 323 g/mol. The lowest BCUT2D eigenvalue weighted by Gasteiger charge is -2.42. The van der Waals surface area contributed by atoms with Crippen LogP contribution in [0.2, 0.25) is 0 Å². The maximum absolute atomic E-state index is 11.4. The van der Waals surface area contributed by atoms with E-state index in [9.17, 15) is 4.79 Å². The number of nitrogens with one attached hydrogen (secondary N) is 1. The number of hydrogen-bond acceptors (Lipinski definition) is 2. The number of unbranched alkanes of at least 4 members (excludes halogenated alkanes) is 4. The first-order chi connectivity index (χ1) is 11.1. The lowest BCUT2D eigenvalue weighted by molar-refractivity contribution is -0.959. The normalized spacial score (nSPS) is 25.1. The number of rotatable bonds is 11. The first-order valence-corrected chi connectivity index (χ1v) is 9.37. The average Bonchev–Trinajstić information content (AvgIpc) is 2.93. The summed E-state index contributed by atoms with van der Waals surface area (Å²) >= 11 is 0. The van der Waals surface area contributed by atoms with E-state index in [0.717, 1.165) is 30.4 Å². The van der Waals surface area contributed by atoms with E-state index in [1.54, 1.807) is 6.92 Å². The Morgan fingerprint density at radius 3 is 2.70 bits per heavy atom. The van der Waals surface area contributed by atoms with Crippen LogP contribution in [-0.2, 0) is 4.79 Å². The summed E-state index contributed by atoms with van der Waals surface area (Å²) < 4.78 is 0.851. The third-order valence-electron chi connectivity index (χ3n) is 5.05. The Balaban J connectivity index is 2.43. The first kappa shape index (κ1) is 19.9. The molecule has 0 fully saturated rings. The van der Waals surface area contributed by atoms with Gasteiger partial charge in [0.2, 0.25) is 5.91 Å². The number of amides is 1. The van der Waals surface area contributed by atoms with Crippen LogP contribution in [0.15, 0.2) is 17.1 Å². The molecule has 0 saturated carbocycles. The summed E-state index contributed by atoms with van der Waals surface area (Å²) in [6, 6.07) is 0. The summed E-state index contributed by atoms with van der Waals surface area (Å²) in [6.45, 7) is 10.1. The van der Waals surface area contributed by atoms with E-state index >= 15 is 0 Å². The molecule has 4 nitrogen and oxygen atoms in total. The third-order valence-corrected chi connectivity index (χ3v) is 5.05. The fourth-order valence-electron chi connectivity index (χ4n) is 3.53. The lowest BCUT2D eigenvalue weighted by Crippen LogP contribution is -2.63. The first-order valence-electron chi connectivity index (χ1n) is 9.37. The van der Waals surface area contributed by atoms with Gasteiger partial charge < -0.3 is 5.32 Å². The van der Waals surface area contributed by atoms with Gasteiger partial charge in [-0.25, -0.2) is 4.99 Å². The topological polar surface area (TPSA) is 41.5 Å². The number of quaternary nitrogens is 1. The van der Waals surface area contributed by atoms with Crippen molar-refractivity contribution in [3.63, 3.8) is 0 Å². The summed E-state index contributed by atoms with van der Waals surface area (Å²) in [6.07, 6.45) is 15.7. The highest BCUT2D eigenvalue weighted by Crippen LogP contribution is 2.26. The van der Waals surface area contributed by atoms with E-state index in [1.165, 1.54) is 32.1 Å². The van der Waals surface area contributed by atoms with E-state index in [-0.39, 0.29) is 18.2 Å². The Morgan fingerprint density at radius 1 is 1.30 bits per heavy atom. The van der Waals surface area contributed by atoms with Crippen LogP contribution >= 0.6 is 0 Å². The molecule has 0 aromatic carbocycles. The van der Waals surface area contributed by atoms with Crippen LogP contribution in [-0.4, -0.2) is 42.0 Å². The van der Waals surface area contributed by atoms with Crippen molar-refractivity contribution >= 4 is 12.1 Å². The van der Waals surface area contributed by atoms with E-state index in [2.05, 4.69) is 38.2 Å². The second-order valence-electron chi connectivity index (χ2n) is 6.69. The predicted molar refractivity (Wildman–Crippen MR) is 98.4 cm³/mol. The molecule has 0 radical (unpaired) electrons. The summed E-state index contributed by atoms with van der Waals surface area (Å²) in [5, 5.41) is 3.07. The van der Waals surface area contributed by atoms with Gasteiger partial charge >= 0.3 is 0 Å². The number of nitrogens with zero attached hydrogens (tertiary/aromatic N) is 2. The Bertz CT molecular complexity index is 405. The Morgan fingerprint density at radius 2 is 2.04 bits per heavy atom. The SMILES string of the molecule is CCCCCC/C=C/CCC1N=CC[N+]1(CC)C(C)NC(C)=O. The zero-order valence-electron chi connectivity index (χ0n) is 15.6. The summed E-state index contributed by atoms with van der Waals surface area (Å²) in [4.78, 5) is 16.1. The summed E-state index contributed by atoms with van der Waals surface area (Å²) in [7, 11) is 0. The van der Waals surface area contributed by atoms with Gasteiger partial charge in [0.1, 0.15) is 6.54 Å². The molecule has 0 aromatic rings. The fourth-order valence-corrected chi connectivity index (χ4v) is 3.53. The zero-order valence-corrected chi connectivity index (χ0v) is 15.6. The minimum atomic E-state index is 0.0427. The smallest absolute Gasteiger partial charge is 0.221 e. The molecule has 0 saturated heterocycles. The van der Waals surface area contributed by atoms with Crippen molar-refractivity contribution in [3.8, 4) is 0 Å². The van der Waals surface area contributed by atoms with E-state index in [0.29, 0.717) is 0 Å². The molecule has 1 heterocycles. The number of carbonyl (C=O) groups excluding carboxylic acids is 1. The van der Waals surface area contributed by atoms with E-state index in [1.807, 2.05) is 6.21 Å². The highest BCUT2D eigenvalue weighted by atomic mass is 16.1. The molecule has 132 valence electrons. The maximum atomic E-state index is 11.4. The Labute approximate surface area is 142 Å². The maximum Gasteiger partial charge on any atom is 0.221 e. The quantitative estimate of drug-likeness (QED) is 0.348. The monoisotopic (exact) mass is 322 g/mol. The van der Waals surface area contributed by atoms with Crippen LogP contribution < -0.4 is 5.32 Å². The van der Waals surface area contributed by atoms with E-state index in [4.69, 9.17) is 4.99 Å². The number of hydrogen-bond donors (Lipinski definition) is 1. The molecule has 1 aliphatic rings. The van der Waals surface area contributed by atoms with Crippen molar-refractivity contribution < 1.29 is 9.28 Å². The Kier molecular flexibility index (Phi) is 9.15. The Hall–Kier alpha value is -1.16. The number of aliphatic imine (C=N–C) groups is 1. The van der Waals surface area contributed by atoms with Crippen LogP contribution in [0.3, 0.4) is 0 Å². The van der Waals surface area contributed by atoms with Gasteiger partial charge in [-0.15, -0.1) is 0 Å². The molecular formula is C19H36N3O+. The van der Waals surface area contributed by atoms with Crippen LogP contribution in [0, 0.1) is 0 Å². The highest BCUT2D eigenvalue weighted by Gasteiger charge is 2.42. The number of carbonyl (C=O) groups is 1. The zero-order chi connectivity index (χ0) is 17.1. The molecule has 3 unspecified atom stereocenters. The standard InChI is InChI=1S/C19H35N3O/c1-5-7-8-9-10-11-12-13-14-19-20-15-16-22(19,6-2)17(3)21-18(4)23/h11-12,15,17,19H,5-10,13-14,16H2,1-4H3/p+1/b12-11+. The molecule has 1 aliphatic heterocycles. The van der Waals surface area contributed by atoms with Gasteiger partial charge in [0, 0.05) is 20.3 Å². The van der Waals surface area contributed by atoms with Crippen LogP contribution in [0.25, 0.3) is 0 Å². The molecule has 1 rings (SSSR count). The minimum Gasteiger partial charge on any atom is -0.307 e. The molecule has 23 heavy (non-hydrogen) atoms. The molecule has 3 atom stereocenters. The van der Waals surface area contributed by atoms with Gasteiger partial charge in [0.15, 0.2) is 12.3 Å². The molecule has 0 bridgehead atoms. The van der Waals surface area contributed by atoms with Gasteiger partial charge in [-0.3, -0.25) is 9.28 Å². The molecule has 1 amide bonds. The third kappa shape index (κ3) is 6.09. The van der Waals surface area contributed by atoms with Crippen molar-refractivity contribution in [3.05, 3.63) is 12.2 Å². The number of allylic oxidation sites excluding steroid dienone is 2. The highest BCUT2D eigenvalue weighted by molar-refractivity contribution is 5.73. The molecule has 4 heteroatoms. The van der Waals surface area contributed by atoms with Gasteiger partial charge in [0.25, 0.3) is 0 Å². The van der Waals surface area contributed by atoms with Crippen LogP contribution in [0.1, 0.15) is 72.6 Å². The molecule has 0 aliphatic carbocycles. The van der Waals surface area contributed by atoms with Crippen molar-refractivity contribution in [1.82, 2.24) is 5.32 Å². The van der Waals surface area contributed by atoms with Gasteiger partial charge in [-0.2, -0.15) is 0 Å². The van der Waals surface area contributed by atoms with Crippen molar-refractivity contribution in [2.75, 3.05) is 13.1 Å². The summed E-state index contributed by atoms with van der Waals surface area (Å²) in [5.41, 5.74) is 0.